The number of aromatic nitrogens is 2. The van der Waals surface area contributed by atoms with Crippen LogP contribution in [0.1, 0.15) is 86.5 Å². The second-order valence-corrected chi connectivity index (χ2v) is 20.8. The van der Waals surface area contributed by atoms with Crippen LogP contribution in [-0.4, -0.2) is 113 Å². The molecule has 342 valence electrons. The fourth-order valence-corrected chi connectivity index (χ4v) is 10.9. The number of carbonyl (C=O) groups excluding carboxylic acids is 3. The Labute approximate surface area is 377 Å². The number of pyridine rings is 1. The van der Waals surface area contributed by atoms with Gasteiger partial charge in [-0.2, -0.15) is 0 Å². The van der Waals surface area contributed by atoms with Crippen LogP contribution in [0.5, 0.6) is 11.5 Å². The molecule has 2 amide bonds. The zero-order valence-corrected chi connectivity index (χ0v) is 38.6. The van der Waals surface area contributed by atoms with Crippen LogP contribution in [0.25, 0.3) is 22.3 Å². The van der Waals surface area contributed by atoms with Crippen molar-refractivity contribution < 1.29 is 43.2 Å². The summed E-state index contributed by atoms with van der Waals surface area (Å²) in [6.07, 6.45) is 2.50. The minimum atomic E-state index is -1.39. The van der Waals surface area contributed by atoms with Crippen molar-refractivity contribution in [2.24, 2.45) is 35.0 Å². The fourth-order valence-electron chi connectivity index (χ4n) is 9.83. The number of carboxylic acid groups (broad SMARTS) is 1. The van der Waals surface area contributed by atoms with Crippen LogP contribution in [0, 0.1) is 35.0 Å². The number of ether oxygens (including phenoxy) is 4. The zero-order valence-electron chi connectivity index (χ0n) is 37.0. The average Bonchev–Trinajstić information content (AvgIpc) is 3.91. The van der Waals surface area contributed by atoms with Crippen molar-refractivity contribution in [2.75, 3.05) is 44.8 Å². The van der Waals surface area contributed by atoms with E-state index in [1.54, 1.807) is 12.1 Å². The second-order valence-electron chi connectivity index (χ2n) is 19.5. The highest BCUT2D eigenvalue weighted by molar-refractivity contribution is 7.14. The third kappa shape index (κ3) is 10.0. The van der Waals surface area contributed by atoms with Crippen molar-refractivity contribution in [1.82, 2.24) is 25.5 Å². The summed E-state index contributed by atoms with van der Waals surface area (Å²) in [6, 6.07) is 4.61. The van der Waals surface area contributed by atoms with E-state index in [0.717, 1.165) is 31.1 Å². The monoisotopic (exact) mass is 908 g/mol. The minimum absolute atomic E-state index is 0.121. The topological polar surface area (TPSA) is 191 Å². The highest BCUT2D eigenvalue weighted by atomic mass is 35.5. The lowest BCUT2D eigenvalue weighted by molar-refractivity contribution is -0.145. The van der Waals surface area contributed by atoms with Gasteiger partial charge in [0.2, 0.25) is 5.91 Å². The molecular weight excluding hydrogens is 848 g/mol. The van der Waals surface area contributed by atoms with Gasteiger partial charge in [0.15, 0.2) is 10.9 Å². The average molecular weight is 910 g/mol. The van der Waals surface area contributed by atoms with Gasteiger partial charge in [0, 0.05) is 48.4 Å². The Bertz CT molecular complexity index is 2200. The number of nitrogens with zero attached hydrogens (tertiary/aromatic N) is 3. The van der Waals surface area contributed by atoms with Crippen LogP contribution in [0.3, 0.4) is 0 Å². The van der Waals surface area contributed by atoms with Crippen LogP contribution < -0.4 is 25.4 Å². The molecule has 15 nitrogen and oxygen atoms in total. The summed E-state index contributed by atoms with van der Waals surface area (Å²) in [5, 5.41) is 22.9. The first kappa shape index (κ1) is 45.3. The number of anilines is 1. The second kappa shape index (κ2) is 18.3. The summed E-state index contributed by atoms with van der Waals surface area (Å²) in [5.41, 5.74) is -0.577. The predicted molar refractivity (Wildman–Crippen MR) is 239 cm³/mol. The van der Waals surface area contributed by atoms with Crippen LogP contribution in [0.2, 0.25) is 5.02 Å². The van der Waals surface area contributed by atoms with E-state index in [9.17, 15) is 24.3 Å². The number of carboxylic acids is 1. The molecule has 9 atom stereocenters. The molecular formula is C46H61ClN6O9S. The Morgan fingerprint density at radius 2 is 1.73 bits per heavy atom. The van der Waals surface area contributed by atoms with Gasteiger partial charge in [0.25, 0.3) is 0 Å². The number of morpholine rings is 1. The van der Waals surface area contributed by atoms with Gasteiger partial charge in [-0.3, -0.25) is 14.5 Å². The van der Waals surface area contributed by atoms with Gasteiger partial charge in [-0.25, -0.2) is 19.6 Å². The van der Waals surface area contributed by atoms with E-state index >= 15 is 0 Å². The molecule has 1 unspecified atom stereocenters. The molecule has 4 saturated carbocycles. The molecule has 4 aliphatic carbocycles. The molecule has 2 aromatic heterocycles. The molecule has 5 fully saturated rings. The van der Waals surface area contributed by atoms with Gasteiger partial charge in [-0.05, 0) is 87.7 Å². The molecule has 5 aliphatic rings. The van der Waals surface area contributed by atoms with E-state index in [-0.39, 0.29) is 36.7 Å². The molecule has 63 heavy (non-hydrogen) atoms. The number of hydrogen-bond acceptors (Lipinski definition) is 13. The van der Waals surface area contributed by atoms with Crippen molar-refractivity contribution >= 4 is 62.7 Å². The summed E-state index contributed by atoms with van der Waals surface area (Å²) in [7, 11) is 0. The zero-order chi connectivity index (χ0) is 44.8. The third-order valence-corrected chi connectivity index (χ3v) is 14.7. The van der Waals surface area contributed by atoms with Gasteiger partial charge in [-0.1, -0.05) is 45.7 Å². The van der Waals surface area contributed by atoms with E-state index < -0.39 is 52.9 Å². The largest absolute Gasteiger partial charge is 0.491 e. The van der Waals surface area contributed by atoms with Crippen molar-refractivity contribution in [1.29, 1.82) is 0 Å². The first-order chi connectivity index (χ1) is 30.0. The Kier molecular flexibility index (Phi) is 13.2. The standard InChI is InChI=1S/C46H61ClN6O9S/c1-7-27-22-46(27,42(56)57)52-41(55)32-20-29(19-31(32)39(54)40(45(4,5)6)51-44(58)62-28-17-25-16-26(25)18-28)61-36-21-33(34-23-63-43(50-34)48-24(2)3)49-38-30(36)8-9-35(37(38)47)60-15-12-53-10-13-59-14-11-53/h8-9,21,23-29,31-32,40H,7,10-20,22H2,1-6H3,(H,48,50)(H,51,58)(H,52,55)(H,56,57)/t25-,26+,27-,28+,29+,31?,32-,40-,46-/m1/s1. The third-order valence-electron chi connectivity index (χ3n) is 13.5. The van der Waals surface area contributed by atoms with Crippen molar-refractivity contribution in [2.45, 2.75) is 116 Å². The summed E-state index contributed by atoms with van der Waals surface area (Å²) in [4.78, 5) is 67.3. The van der Waals surface area contributed by atoms with Crippen LogP contribution in [-0.2, 0) is 23.9 Å². The number of carbonyl (C=O) groups is 4. The summed E-state index contributed by atoms with van der Waals surface area (Å²) in [6.45, 7) is 15.7. The molecule has 4 N–H and O–H groups in total. The maximum atomic E-state index is 14.9. The van der Waals surface area contributed by atoms with E-state index in [2.05, 4.69) is 20.9 Å². The van der Waals surface area contributed by atoms with Gasteiger partial charge < -0.3 is 40.0 Å². The summed E-state index contributed by atoms with van der Waals surface area (Å²) in [5.74, 6) is -1.89. The highest BCUT2D eigenvalue weighted by Gasteiger charge is 2.62. The van der Waals surface area contributed by atoms with Crippen molar-refractivity contribution in [3.05, 3.63) is 28.6 Å². The van der Waals surface area contributed by atoms with E-state index in [1.807, 2.05) is 53.0 Å². The maximum Gasteiger partial charge on any atom is 0.408 e. The molecule has 8 rings (SSSR count). The molecule has 1 saturated heterocycles. The molecule has 1 aromatic carbocycles. The number of fused-ring (bicyclic) bond motifs is 2. The fraction of sp³-hybridized carbons (Fsp3) is 0.652. The number of thiazole rings is 1. The van der Waals surface area contributed by atoms with E-state index in [1.165, 1.54) is 17.8 Å². The Hall–Kier alpha value is -4.25. The Morgan fingerprint density at radius 3 is 2.40 bits per heavy atom. The number of nitrogens with one attached hydrogen (secondary N) is 3. The SMILES string of the molecule is CC[C@@H]1C[C@]1(NC(=O)[C@@H]1C[C@@H](Oc2cc(-c3csc(NC(C)C)n3)nc3c(Cl)c(OCCN4CCOCC4)ccc23)CC1C(=O)[C@@H](NC(=O)O[C@@H]1C[C@@H]2C[C@@H]2C1)C(C)(C)C)C(=O)O. The minimum Gasteiger partial charge on any atom is -0.491 e. The highest BCUT2D eigenvalue weighted by Crippen LogP contribution is 2.53. The van der Waals surface area contributed by atoms with Gasteiger partial charge in [0.1, 0.15) is 46.6 Å². The summed E-state index contributed by atoms with van der Waals surface area (Å²) < 4.78 is 24.4. The van der Waals surface area contributed by atoms with Gasteiger partial charge in [-0.15, -0.1) is 11.3 Å². The first-order valence-corrected chi connectivity index (χ1v) is 23.8. The molecule has 3 heterocycles. The van der Waals surface area contributed by atoms with Crippen LogP contribution in [0.15, 0.2) is 23.6 Å². The van der Waals surface area contributed by atoms with Crippen LogP contribution in [0.4, 0.5) is 9.93 Å². The quantitative estimate of drug-likeness (QED) is 0.107. The van der Waals surface area contributed by atoms with Gasteiger partial charge >= 0.3 is 12.1 Å². The lowest BCUT2D eigenvalue weighted by Gasteiger charge is -2.33. The van der Waals surface area contributed by atoms with Crippen molar-refractivity contribution in [3.8, 4) is 22.9 Å². The lowest BCUT2D eigenvalue weighted by atomic mass is 9.77. The van der Waals surface area contributed by atoms with Crippen molar-refractivity contribution in [3.63, 3.8) is 0 Å². The Balaban J connectivity index is 1.09. The number of Topliss-reactive ketones (excluding diaryl/α,β-unsaturated/α-hetero) is 1. The molecule has 0 bridgehead atoms. The molecule has 17 heteroatoms. The summed E-state index contributed by atoms with van der Waals surface area (Å²) >= 11 is 8.57. The number of halogens is 1. The van der Waals surface area contributed by atoms with Gasteiger partial charge in [0.05, 0.1) is 36.4 Å². The smallest absolute Gasteiger partial charge is 0.408 e. The van der Waals surface area contributed by atoms with Crippen LogP contribution >= 0.6 is 22.9 Å². The Morgan fingerprint density at radius 1 is 1.00 bits per heavy atom. The lowest BCUT2D eigenvalue weighted by Crippen LogP contribution is -2.54. The molecule has 3 aromatic rings. The number of amides is 2. The number of hydrogen-bond donors (Lipinski definition) is 4. The molecule has 0 spiro atoms. The van der Waals surface area contributed by atoms with E-state index in [4.69, 9.17) is 40.5 Å². The molecule has 0 radical (unpaired) electrons. The first-order valence-electron chi connectivity index (χ1n) is 22.5. The number of benzene rings is 1. The normalized spacial score (nSPS) is 28.3. The van der Waals surface area contributed by atoms with E-state index in [0.29, 0.717) is 89.9 Å². The molecule has 1 aliphatic heterocycles. The maximum absolute atomic E-state index is 14.9. The number of aliphatic carboxylic acids is 1. The predicted octanol–water partition coefficient (Wildman–Crippen LogP) is 7.19. The number of alkyl carbamates (subject to hydrolysis) is 1. The number of rotatable bonds is 17. The number of ketones is 1.